The summed E-state index contributed by atoms with van der Waals surface area (Å²) in [6, 6.07) is 13.6. The van der Waals surface area contributed by atoms with Crippen LogP contribution in [0, 0.1) is 5.82 Å². The number of nitrogens with zero attached hydrogens (tertiary/aromatic N) is 2. The van der Waals surface area contributed by atoms with E-state index in [2.05, 4.69) is 0 Å². The fourth-order valence-corrected chi connectivity index (χ4v) is 6.51. The second kappa shape index (κ2) is 7.02. The van der Waals surface area contributed by atoms with Crippen molar-refractivity contribution >= 4 is 15.7 Å². The van der Waals surface area contributed by atoms with Crippen LogP contribution in [0.25, 0.3) is 0 Å². The van der Waals surface area contributed by atoms with Crippen molar-refractivity contribution in [3.8, 4) is 5.75 Å². The van der Waals surface area contributed by atoms with Gasteiger partial charge in [-0.05, 0) is 36.2 Å². The lowest BCUT2D eigenvalue weighted by molar-refractivity contribution is 0.143. The van der Waals surface area contributed by atoms with Crippen LogP contribution >= 0.6 is 0 Å². The van der Waals surface area contributed by atoms with Gasteiger partial charge in [0.2, 0.25) is 10.0 Å². The Kier molecular flexibility index (Phi) is 4.81. The van der Waals surface area contributed by atoms with Crippen LogP contribution in [0.1, 0.15) is 12.0 Å². The van der Waals surface area contributed by atoms with Gasteiger partial charge in [-0.2, -0.15) is 0 Å². The Hall–Kier alpha value is -2.16. The van der Waals surface area contributed by atoms with Gasteiger partial charge in [0.25, 0.3) is 0 Å². The van der Waals surface area contributed by atoms with Gasteiger partial charge in [-0.1, -0.05) is 24.3 Å². The molecule has 2 aromatic carbocycles. The summed E-state index contributed by atoms with van der Waals surface area (Å²) in [5.74, 6) is -0.272. The normalized spacial score (nSPS) is 26.8. The molecule has 2 aliphatic rings. The first-order valence-corrected chi connectivity index (χ1v) is 10.6. The predicted octanol–water partition coefficient (Wildman–Crippen LogP) is 1.99. The molecule has 2 heterocycles. The van der Waals surface area contributed by atoms with Crippen molar-refractivity contribution in [3.63, 3.8) is 0 Å². The van der Waals surface area contributed by atoms with Crippen molar-refractivity contribution in [2.24, 2.45) is 0 Å². The second-order valence-electron chi connectivity index (χ2n) is 7.38. The molecular formula is C20H23FN2O4S. The molecule has 8 heteroatoms. The number of benzene rings is 2. The van der Waals surface area contributed by atoms with Crippen molar-refractivity contribution in [1.29, 1.82) is 0 Å². The molecule has 150 valence electrons. The summed E-state index contributed by atoms with van der Waals surface area (Å²) in [5.41, 5.74) is 1.30. The number of ether oxygens (including phenoxy) is 1. The molecule has 2 fully saturated rings. The van der Waals surface area contributed by atoms with Gasteiger partial charge in [0.05, 0.1) is 25.4 Å². The van der Waals surface area contributed by atoms with Crippen LogP contribution < -0.4 is 9.04 Å². The highest BCUT2D eigenvalue weighted by atomic mass is 32.2. The minimum atomic E-state index is -3.73. The van der Waals surface area contributed by atoms with Crippen LogP contribution in [-0.2, 0) is 16.6 Å². The number of aliphatic hydroxyl groups is 1. The zero-order valence-corrected chi connectivity index (χ0v) is 16.4. The van der Waals surface area contributed by atoms with E-state index >= 15 is 0 Å². The van der Waals surface area contributed by atoms with Crippen LogP contribution in [0.2, 0.25) is 0 Å². The van der Waals surface area contributed by atoms with Crippen LogP contribution in [0.5, 0.6) is 5.75 Å². The molecule has 0 radical (unpaired) electrons. The number of para-hydroxylation sites is 1. The fraction of sp³-hybridized carbons (Fsp3) is 0.400. The molecule has 0 bridgehead atoms. The van der Waals surface area contributed by atoms with Gasteiger partial charge in [0.1, 0.15) is 4.75 Å². The zero-order valence-electron chi connectivity index (χ0n) is 15.6. The average molecular weight is 406 g/mol. The van der Waals surface area contributed by atoms with Crippen molar-refractivity contribution in [2.45, 2.75) is 23.8 Å². The molecule has 28 heavy (non-hydrogen) atoms. The standard InChI is InChI=1S/C20H23FN2O4S/c1-27-18-8-7-15(11-17(18)21)12-22-10-9-20(14-22)19(24)13-23(28(20,25)26)16-5-3-2-4-6-16/h2-8,11,19,24H,9-10,12-14H2,1H3/t19-,20+/m0/s1. The van der Waals surface area contributed by atoms with Crippen molar-refractivity contribution in [1.82, 2.24) is 4.90 Å². The Morgan fingerprint density at radius 1 is 1.25 bits per heavy atom. The van der Waals surface area contributed by atoms with Gasteiger partial charge >= 0.3 is 0 Å². The molecule has 2 atom stereocenters. The molecule has 1 spiro atoms. The first-order chi connectivity index (χ1) is 13.4. The Bertz CT molecular complexity index is 969. The van der Waals surface area contributed by atoms with Crippen LogP contribution in [0.15, 0.2) is 48.5 Å². The third kappa shape index (κ3) is 2.96. The number of hydrogen-bond donors (Lipinski definition) is 1. The highest BCUT2D eigenvalue weighted by Gasteiger charge is 2.61. The Labute approximate surface area is 164 Å². The molecule has 4 rings (SSSR count). The number of aliphatic hydroxyl groups excluding tert-OH is 1. The monoisotopic (exact) mass is 406 g/mol. The lowest BCUT2D eigenvalue weighted by Gasteiger charge is -2.27. The fourth-order valence-electron chi connectivity index (χ4n) is 4.22. The van der Waals surface area contributed by atoms with E-state index in [-0.39, 0.29) is 18.8 Å². The van der Waals surface area contributed by atoms with E-state index in [1.807, 2.05) is 11.0 Å². The number of hydrogen-bond acceptors (Lipinski definition) is 5. The van der Waals surface area contributed by atoms with E-state index in [1.54, 1.807) is 36.4 Å². The first-order valence-electron chi connectivity index (χ1n) is 9.17. The molecule has 2 aromatic rings. The van der Waals surface area contributed by atoms with Crippen LogP contribution in [-0.4, -0.2) is 56.0 Å². The minimum Gasteiger partial charge on any atom is -0.494 e. The van der Waals surface area contributed by atoms with E-state index in [1.165, 1.54) is 17.5 Å². The summed E-state index contributed by atoms with van der Waals surface area (Å²) in [4.78, 5) is 1.95. The SMILES string of the molecule is COc1ccc(CN2CC[C@@]3(C2)[C@@H](O)CN(c2ccccc2)S3(=O)=O)cc1F. The highest BCUT2D eigenvalue weighted by molar-refractivity contribution is 7.94. The molecule has 0 amide bonds. The summed E-state index contributed by atoms with van der Waals surface area (Å²) in [5, 5.41) is 10.7. The van der Waals surface area contributed by atoms with E-state index in [0.717, 1.165) is 5.56 Å². The molecule has 6 nitrogen and oxygen atoms in total. The Morgan fingerprint density at radius 3 is 2.68 bits per heavy atom. The van der Waals surface area contributed by atoms with E-state index in [0.29, 0.717) is 25.2 Å². The maximum Gasteiger partial charge on any atom is 0.244 e. The number of rotatable bonds is 4. The van der Waals surface area contributed by atoms with Gasteiger partial charge in [-0.3, -0.25) is 9.21 Å². The quantitative estimate of drug-likeness (QED) is 0.841. The topological polar surface area (TPSA) is 70.1 Å². The summed E-state index contributed by atoms with van der Waals surface area (Å²) >= 11 is 0. The minimum absolute atomic E-state index is 0.0529. The summed E-state index contributed by atoms with van der Waals surface area (Å²) in [6.07, 6.45) is -0.631. The third-order valence-corrected chi connectivity index (χ3v) is 8.33. The molecule has 0 saturated carbocycles. The van der Waals surface area contributed by atoms with Gasteiger partial charge in [-0.25, -0.2) is 12.8 Å². The van der Waals surface area contributed by atoms with Gasteiger partial charge in [0, 0.05) is 19.6 Å². The molecule has 1 N–H and O–H groups in total. The van der Waals surface area contributed by atoms with Gasteiger partial charge in [-0.15, -0.1) is 0 Å². The van der Waals surface area contributed by atoms with Crippen LogP contribution in [0.4, 0.5) is 10.1 Å². The lowest BCUT2D eigenvalue weighted by Crippen LogP contribution is -2.47. The number of methoxy groups -OCH3 is 1. The van der Waals surface area contributed by atoms with E-state index < -0.39 is 26.7 Å². The maximum atomic E-state index is 14.0. The van der Waals surface area contributed by atoms with Crippen LogP contribution in [0.3, 0.4) is 0 Å². The van der Waals surface area contributed by atoms with Crippen molar-refractivity contribution < 1.29 is 22.7 Å². The molecule has 0 aromatic heterocycles. The average Bonchev–Trinajstić information content (AvgIpc) is 3.19. The summed E-state index contributed by atoms with van der Waals surface area (Å²) in [6.45, 7) is 1.20. The van der Waals surface area contributed by atoms with Gasteiger partial charge < -0.3 is 9.84 Å². The van der Waals surface area contributed by atoms with Crippen molar-refractivity contribution in [3.05, 3.63) is 59.9 Å². The highest BCUT2D eigenvalue weighted by Crippen LogP contribution is 2.43. The molecule has 0 aliphatic carbocycles. The Morgan fingerprint density at radius 2 is 2.00 bits per heavy atom. The third-order valence-electron chi connectivity index (χ3n) is 5.76. The molecular weight excluding hydrogens is 383 g/mol. The maximum absolute atomic E-state index is 14.0. The number of β-amino-alcohol motifs (C(OH)–C–C–N with tert-alkyl or cyclic N) is 1. The zero-order chi connectivity index (χ0) is 19.9. The Balaban J connectivity index is 1.56. The number of sulfonamides is 1. The summed E-state index contributed by atoms with van der Waals surface area (Å²) < 4.78 is 45.6. The van der Waals surface area contributed by atoms with Gasteiger partial charge in [0.15, 0.2) is 11.6 Å². The largest absolute Gasteiger partial charge is 0.494 e. The lowest BCUT2D eigenvalue weighted by atomic mass is 10.0. The molecule has 2 saturated heterocycles. The molecule has 2 aliphatic heterocycles. The molecule has 0 unspecified atom stereocenters. The number of likely N-dealkylation sites (tertiary alicyclic amines) is 1. The van der Waals surface area contributed by atoms with Crippen molar-refractivity contribution in [2.75, 3.05) is 31.0 Å². The van der Waals surface area contributed by atoms with E-state index in [4.69, 9.17) is 4.74 Å². The van der Waals surface area contributed by atoms with E-state index in [9.17, 15) is 17.9 Å². The summed E-state index contributed by atoms with van der Waals surface area (Å²) in [7, 11) is -2.32. The first kappa shape index (κ1) is 19.2. The number of anilines is 1. The number of halogens is 1. The second-order valence-corrected chi connectivity index (χ2v) is 9.59. The smallest absolute Gasteiger partial charge is 0.244 e. The predicted molar refractivity (Wildman–Crippen MR) is 104 cm³/mol.